The minimum absolute atomic E-state index is 0.0229. The molecule has 0 atom stereocenters. The van der Waals surface area contributed by atoms with Crippen molar-refractivity contribution < 1.29 is 14.3 Å². The molecular formula is C12H14BrFNO2-. The number of carbonyl (C=O) groups is 1. The zero-order valence-electron chi connectivity index (χ0n) is 9.96. The van der Waals surface area contributed by atoms with Gasteiger partial charge in [-0.15, -0.1) is 0 Å². The Balaban J connectivity index is 2.98. The van der Waals surface area contributed by atoms with Gasteiger partial charge < -0.3 is 14.8 Å². The molecule has 0 spiro atoms. The van der Waals surface area contributed by atoms with Crippen molar-refractivity contribution in [1.29, 1.82) is 0 Å². The molecule has 0 aliphatic heterocycles. The van der Waals surface area contributed by atoms with Crippen molar-refractivity contribution in [1.82, 2.24) is 4.90 Å². The van der Waals surface area contributed by atoms with Crippen LogP contribution in [-0.2, 0) is 6.54 Å². The molecule has 0 saturated heterocycles. The Morgan fingerprint density at radius 2 is 2.06 bits per heavy atom. The van der Waals surface area contributed by atoms with Gasteiger partial charge in [-0.2, -0.15) is 0 Å². The molecule has 3 nitrogen and oxygen atoms in total. The number of carbonyl (C=O) groups excluding carboxylic acids is 1. The van der Waals surface area contributed by atoms with Crippen LogP contribution in [0.5, 0.6) is 0 Å². The maximum atomic E-state index is 13.6. The summed E-state index contributed by atoms with van der Waals surface area (Å²) in [7, 11) is 0. The van der Waals surface area contributed by atoms with Gasteiger partial charge in [0, 0.05) is 22.1 Å². The van der Waals surface area contributed by atoms with Gasteiger partial charge in [0.05, 0.1) is 0 Å². The van der Waals surface area contributed by atoms with Crippen molar-refractivity contribution in [3.05, 3.63) is 34.1 Å². The molecular weight excluding hydrogens is 289 g/mol. The third-order valence-corrected chi connectivity index (χ3v) is 2.87. The molecule has 1 rings (SSSR count). The second-order valence-corrected chi connectivity index (χ2v) is 5.67. The van der Waals surface area contributed by atoms with E-state index in [1.165, 1.54) is 6.07 Å². The SMILES string of the molecule is CC(C)(C)N(Cc1ccc(Br)cc1F)C(=O)[O-]. The summed E-state index contributed by atoms with van der Waals surface area (Å²) in [6.07, 6.45) is -1.31. The van der Waals surface area contributed by atoms with Crippen LogP contribution in [0.4, 0.5) is 9.18 Å². The molecule has 0 unspecified atom stereocenters. The third kappa shape index (κ3) is 3.70. The Morgan fingerprint density at radius 3 is 2.47 bits per heavy atom. The number of hydrogen-bond donors (Lipinski definition) is 0. The minimum Gasteiger partial charge on any atom is -0.530 e. The largest absolute Gasteiger partial charge is 0.530 e. The number of nitrogens with zero attached hydrogens (tertiary/aromatic N) is 1. The van der Waals surface area contributed by atoms with Crippen LogP contribution >= 0.6 is 15.9 Å². The maximum absolute atomic E-state index is 13.6. The van der Waals surface area contributed by atoms with Gasteiger partial charge in [-0.25, -0.2) is 4.39 Å². The number of rotatable bonds is 2. The first-order chi connectivity index (χ1) is 7.71. The summed E-state index contributed by atoms with van der Waals surface area (Å²) in [6.45, 7) is 5.18. The Kier molecular flexibility index (Phi) is 4.14. The summed E-state index contributed by atoms with van der Waals surface area (Å²) in [5.74, 6) is -0.435. The average Bonchev–Trinajstić information content (AvgIpc) is 2.13. The maximum Gasteiger partial charge on any atom is 0.137 e. The highest BCUT2D eigenvalue weighted by Gasteiger charge is 2.22. The molecule has 0 aliphatic rings. The molecule has 1 aromatic rings. The molecule has 0 bridgehead atoms. The lowest BCUT2D eigenvalue weighted by atomic mass is 10.1. The highest BCUT2D eigenvalue weighted by molar-refractivity contribution is 9.10. The number of amides is 1. The summed E-state index contributed by atoms with van der Waals surface area (Å²) in [4.78, 5) is 12.1. The van der Waals surface area contributed by atoms with Gasteiger partial charge in [-0.05, 0) is 32.9 Å². The van der Waals surface area contributed by atoms with E-state index in [9.17, 15) is 14.3 Å². The van der Waals surface area contributed by atoms with Gasteiger partial charge in [-0.3, -0.25) is 0 Å². The first-order valence-corrected chi connectivity index (χ1v) is 5.93. The van der Waals surface area contributed by atoms with E-state index in [4.69, 9.17) is 0 Å². The number of hydrogen-bond acceptors (Lipinski definition) is 2. The van der Waals surface area contributed by atoms with E-state index >= 15 is 0 Å². The average molecular weight is 303 g/mol. The van der Waals surface area contributed by atoms with Gasteiger partial charge in [0.25, 0.3) is 0 Å². The molecule has 0 saturated carbocycles. The summed E-state index contributed by atoms with van der Waals surface area (Å²) in [6, 6.07) is 4.54. The molecule has 94 valence electrons. The fraction of sp³-hybridized carbons (Fsp3) is 0.417. The Labute approximate surface area is 108 Å². The molecule has 17 heavy (non-hydrogen) atoms. The summed E-state index contributed by atoms with van der Waals surface area (Å²) >= 11 is 3.15. The van der Waals surface area contributed by atoms with Gasteiger partial charge in [0.15, 0.2) is 0 Å². The standard InChI is InChI=1S/C12H15BrFNO2/c1-12(2,3)15(11(16)17)7-8-4-5-9(13)6-10(8)14/h4-6H,7H2,1-3H3,(H,16,17)/p-1. The number of halogens is 2. The number of benzene rings is 1. The predicted octanol–water partition coefficient (Wildman–Crippen LogP) is 2.53. The van der Waals surface area contributed by atoms with Crippen LogP contribution in [0.15, 0.2) is 22.7 Å². The van der Waals surface area contributed by atoms with E-state index in [1.807, 2.05) is 0 Å². The topological polar surface area (TPSA) is 43.4 Å². The smallest absolute Gasteiger partial charge is 0.137 e. The van der Waals surface area contributed by atoms with Gasteiger partial charge in [0.1, 0.15) is 11.9 Å². The van der Waals surface area contributed by atoms with E-state index in [0.29, 0.717) is 10.0 Å². The van der Waals surface area contributed by atoms with Crippen molar-refractivity contribution in [2.24, 2.45) is 0 Å². The molecule has 1 amide bonds. The lowest BCUT2D eigenvalue weighted by Gasteiger charge is -2.38. The van der Waals surface area contributed by atoms with Crippen molar-refractivity contribution in [3.63, 3.8) is 0 Å². The number of carboxylic acid groups (broad SMARTS) is 1. The monoisotopic (exact) mass is 302 g/mol. The lowest BCUT2D eigenvalue weighted by molar-refractivity contribution is -0.271. The Morgan fingerprint density at radius 1 is 1.47 bits per heavy atom. The highest BCUT2D eigenvalue weighted by Crippen LogP contribution is 2.21. The first kappa shape index (κ1) is 14.0. The Hall–Kier alpha value is -1.10. The van der Waals surface area contributed by atoms with Gasteiger partial charge in [0.2, 0.25) is 0 Å². The van der Waals surface area contributed by atoms with E-state index in [2.05, 4.69) is 15.9 Å². The summed E-state index contributed by atoms with van der Waals surface area (Å²) in [5.41, 5.74) is -0.300. The third-order valence-electron chi connectivity index (χ3n) is 2.37. The Bertz CT molecular complexity index is 429. The van der Waals surface area contributed by atoms with Gasteiger partial charge >= 0.3 is 0 Å². The fourth-order valence-corrected chi connectivity index (χ4v) is 1.73. The second kappa shape index (κ2) is 5.04. The van der Waals surface area contributed by atoms with E-state index in [0.717, 1.165) is 4.90 Å². The van der Waals surface area contributed by atoms with Crippen molar-refractivity contribution in [2.75, 3.05) is 0 Å². The van der Waals surface area contributed by atoms with Crippen molar-refractivity contribution >= 4 is 22.0 Å². The molecule has 1 aromatic carbocycles. The first-order valence-electron chi connectivity index (χ1n) is 5.14. The quantitative estimate of drug-likeness (QED) is 0.842. The zero-order chi connectivity index (χ0) is 13.2. The molecule has 5 heteroatoms. The van der Waals surface area contributed by atoms with Crippen molar-refractivity contribution in [3.8, 4) is 0 Å². The summed E-state index contributed by atoms with van der Waals surface area (Å²) < 4.78 is 14.2. The lowest BCUT2D eigenvalue weighted by Crippen LogP contribution is -2.51. The zero-order valence-corrected chi connectivity index (χ0v) is 11.5. The van der Waals surface area contributed by atoms with E-state index in [1.54, 1.807) is 32.9 Å². The molecule has 0 radical (unpaired) electrons. The van der Waals surface area contributed by atoms with Crippen LogP contribution in [0.3, 0.4) is 0 Å². The molecule has 0 aliphatic carbocycles. The predicted molar refractivity (Wildman–Crippen MR) is 64.8 cm³/mol. The molecule has 0 aromatic heterocycles. The second-order valence-electron chi connectivity index (χ2n) is 4.76. The van der Waals surface area contributed by atoms with Crippen LogP contribution in [0.25, 0.3) is 0 Å². The van der Waals surface area contributed by atoms with E-state index in [-0.39, 0.29) is 6.54 Å². The van der Waals surface area contributed by atoms with Gasteiger partial charge in [-0.1, -0.05) is 22.0 Å². The molecule has 0 fully saturated rings. The normalized spacial score (nSPS) is 11.4. The summed E-state index contributed by atoms with van der Waals surface area (Å²) in [5, 5.41) is 11.0. The van der Waals surface area contributed by atoms with Crippen LogP contribution in [-0.4, -0.2) is 16.5 Å². The van der Waals surface area contributed by atoms with Crippen LogP contribution in [0.2, 0.25) is 0 Å². The minimum atomic E-state index is -1.31. The van der Waals surface area contributed by atoms with Crippen LogP contribution in [0.1, 0.15) is 26.3 Å². The van der Waals surface area contributed by atoms with Crippen LogP contribution < -0.4 is 5.11 Å². The molecule has 0 N–H and O–H groups in total. The molecule has 0 heterocycles. The fourth-order valence-electron chi connectivity index (χ4n) is 1.40. The van der Waals surface area contributed by atoms with E-state index < -0.39 is 17.4 Å². The van der Waals surface area contributed by atoms with Crippen LogP contribution in [0, 0.1) is 5.82 Å². The highest BCUT2D eigenvalue weighted by atomic mass is 79.9. The van der Waals surface area contributed by atoms with Crippen molar-refractivity contribution in [2.45, 2.75) is 32.9 Å².